The lowest BCUT2D eigenvalue weighted by Crippen LogP contribution is -2.10. The first-order chi connectivity index (χ1) is 7.97. The molecule has 0 spiro atoms. The highest BCUT2D eigenvalue weighted by atomic mass is 32.1. The van der Waals surface area contributed by atoms with Crippen LogP contribution in [0.3, 0.4) is 0 Å². The number of halogens is 3. The van der Waals surface area contributed by atoms with Crippen molar-refractivity contribution in [3.05, 3.63) is 30.3 Å². The summed E-state index contributed by atoms with van der Waals surface area (Å²) in [5.74, 6) is 0. The van der Waals surface area contributed by atoms with Gasteiger partial charge in [0.1, 0.15) is 0 Å². The maximum Gasteiger partial charge on any atom is 0.389 e. The first kappa shape index (κ1) is 14.0. The molecular formula is C12H14F3NS. The van der Waals surface area contributed by atoms with Gasteiger partial charge >= 0.3 is 6.18 Å². The van der Waals surface area contributed by atoms with Crippen molar-refractivity contribution in [1.82, 2.24) is 0 Å². The van der Waals surface area contributed by atoms with E-state index in [-0.39, 0.29) is 6.42 Å². The van der Waals surface area contributed by atoms with Crippen LogP contribution in [-0.4, -0.2) is 11.2 Å². The molecule has 1 nitrogen and oxygen atoms in total. The zero-order chi connectivity index (χ0) is 12.7. The number of benzene rings is 1. The molecule has 0 aliphatic heterocycles. The number of hydrogen-bond acceptors (Lipinski definition) is 1. The summed E-state index contributed by atoms with van der Waals surface area (Å²) in [6, 6.07) is 9.35. The molecule has 0 aromatic heterocycles. The quantitative estimate of drug-likeness (QED) is 0.616. The van der Waals surface area contributed by atoms with Gasteiger partial charge in [0.05, 0.1) is 4.99 Å². The highest BCUT2D eigenvalue weighted by Crippen LogP contribution is 2.22. The molecule has 0 saturated carbocycles. The van der Waals surface area contributed by atoms with Crippen LogP contribution in [0.2, 0.25) is 0 Å². The molecule has 1 aromatic carbocycles. The third-order valence-electron chi connectivity index (χ3n) is 2.17. The number of unbranched alkanes of at least 4 members (excludes halogenated alkanes) is 1. The molecule has 0 heterocycles. The Labute approximate surface area is 104 Å². The van der Waals surface area contributed by atoms with E-state index < -0.39 is 12.6 Å². The smallest absolute Gasteiger partial charge is 0.350 e. The molecule has 0 aliphatic rings. The predicted molar refractivity (Wildman–Crippen MR) is 67.2 cm³/mol. The van der Waals surface area contributed by atoms with Crippen LogP contribution in [-0.2, 0) is 0 Å². The summed E-state index contributed by atoms with van der Waals surface area (Å²) in [6.07, 6.45) is -3.73. The Morgan fingerprint density at radius 2 is 1.76 bits per heavy atom. The third kappa shape index (κ3) is 6.94. The molecule has 0 fully saturated rings. The van der Waals surface area contributed by atoms with E-state index in [1.54, 1.807) is 0 Å². The summed E-state index contributed by atoms with van der Waals surface area (Å²) in [7, 11) is 0. The van der Waals surface area contributed by atoms with E-state index in [2.05, 4.69) is 5.32 Å². The molecule has 0 amide bonds. The zero-order valence-electron chi connectivity index (χ0n) is 9.26. The second-order valence-electron chi connectivity index (χ2n) is 3.74. The topological polar surface area (TPSA) is 12.0 Å². The molecule has 0 bridgehead atoms. The van der Waals surface area contributed by atoms with Crippen LogP contribution in [0.1, 0.15) is 25.7 Å². The molecule has 0 radical (unpaired) electrons. The molecule has 0 atom stereocenters. The molecule has 0 saturated heterocycles. The fraction of sp³-hybridized carbons (Fsp3) is 0.417. The van der Waals surface area contributed by atoms with E-state index in [1.165, 1.54) is 0 Å². The Kier molecular flexibility index (Phi) is 5.41. The van der Waals surface area contributed by atoms with E-state index in [0.29, 0.717) is 17.8 Å². The molecule has 1 N–H and O–H groups in total. The van der Waals surface area contributed by atoms with Gasteiger partial charge in [-0.1, -0.05) is 30.4 Å². The molecule has 0 aliphatic carbocycles. The van der Waals surface area contributed by atoms with Crippen LogP contribution in [0.15, 0.2) is 30.3 Å². The van der Waals surface area contributed by atoms with Crippen LogP contribution in [0.25, 0.3) is 0 Å². The van der Waals surface area contributed by atoms with Crippen molar-refractivity contribution in [2.45, 2.75) is 31.9 Å². The van der Waals surface area contributed by atoms with E-state index in [0.717, 1.165) is 5.69 Å². The third-order valence-corrected chi connectivity index (χ3v) is 2.48. The van der Waals surface area contributed by atoms with Gasteiger partial charge in [0, 0.05) is 12.1 Å². The molecule has 94 valence electrons. The van der Waals surface area contributed by atoms with Crippen molar-refractivity contribution in [3.63, 3.8) is 0 Å². The average molecular weight is 261 g/mol. The maximum absolute atomic E-state index is 11.9. The van der Waals surface area contributed by atoms with Gasteiger partial charge in [0.2, 0.25) is 0 Å². The van der Waals surface area contributed by atoms with Crippen molar-refractivity contribution >= 4 is 22.9 Å². The minimum atomic E-state index is -4.06. The minimum absolute atomic E-state index is 0.125. The average Bonchev–Trinajstić information content (AvgIpc) is 2.25. The Balaban J connectivity index is 2.18. The van der Waals surface area contributed by atoms with Gasteiger partial charge in [-0.05, 0) is 31.4 Å². The summed E-state index contributed by atoms with van der Waals surface area (Å²) in [5.41, 5.74) is 0.869. The summed E-state index contributed by atoms with van der Waals surface area (Å²) >= 11 is 5.05. The number of nitrogens with one attached hydrogen (secondary N) is 1. The standard InChI is InChI=1S/C12H14F3NS/c13-12(14,15)9-5-4-8-11(17)16-10-6-2-1-3-7-10/h1-3,6-7H,4-5,8-9H2,(H,16,17). The van der Waals surface area contributed by atoms with Gasteiger partial charge in [-0.15, -0.1) is 0 Å². The van der Waals surface area contributed by atoms with Gasteiger partial charge in [-0.3, -0.25) is 0 Å². The van der Waals surface area contributed by atoms with E-state index >= 15 is 0 Å². The van der Waals surface area contributed by atoms with Gasteiger partial charge in [0.15, 0.2) is 0 Å². The zero-order valence-corrected chi connectivity index (χ0v) is 10.1. The van der Waals surface area contributed by atoms with Gasteiger partial charge in [-0.25, -0.2) is 0 Å². The first-order valence-corrected chi connectivity index (χ1v) is 5.80. The SMILES string of the molecule is FC(F)(F)CCCCC(=S)Nc1ccccc1. The second-order valence-corrected chi connectivity index (χ2v) is 4.23. The fourth-order valence-corrected chi connectivity index (χ4v) is 1.62. The van der Waals surface area contributed by atoms with Crippen LogP contribution < -0.4 is 5.32 Å². The van der Waals surface area contributed by atoms with Gasteiger partial charge in [-0.2, -0.15) is 13.2 Å². The van der Waals surface area contributed by atoms with E-state index in [9.17, 15) is 13.2 Å². The number of hydrogen-bond donors (Lipinski definition) is 1. The Hall–Kier alpha value is -1.10. The predicted octanol–water partition coefficient (Wildman–Crippen LogP) is 4.55. The van der Waals surface area contributed by atoms with Crippen LogP contribution in [0.5, 0.6) is 0 Å². The fourth-order valence-electron chi connectivity index (χ4n) is 1.36. The van der Waals surface area contributed by atoms with Crippen LogP contribution >= 0.6 is 12.2 Å². The number of thiocarbonyl (C=S) groups is 1. The number of anilines is 1. The summed E-state index contributed by atoms with van der Waals surface area (Å²) < 4.78 is 35.6. The molecular weight excluding hydrogens is 247 g/mol. The lowest BCUT2D eigenvalue weighted by molar-refractivity contribution is -0.135. The minimum Gasteiger partial charge on any atom is -0.350 e. The molecule has 1 aromatic rings. The summed E-state index contributed by atoms with van der Waals surface area (Å²) in [5, 5.41) is 2.99. The Bertz CT molecular complexity index is 349. The monoisotopic (exact) mass is 261 g/mol. The normalized spacial score (nSPS) is 11.2. The number of para-hydroxylation sites is 1. The van der Waals surface area contributed by atoms with Crippen molar-refractivity contribution < 1.29 is 13.2 Å². The lowest BCUT2D eigenvalue weighted by Gasteiger charge is -2.08. The van der Waals surface area contributed by atoms with Gasteiger partial charge < -0.3 is 5.32 Å². The number of alkyl halides is 3. The lowest BCUT2D eigenvalue weighted by atomic mass is 10.2. The van der Waals surface area contributed by atoms with Crippen molar-refractivity contribution in [1.29, 1.82) is 0 Å². The molecule has 0 unspecified atom stereocenters. The summed E-state index contributed by atoms with van der Waals surface area (Å²) in [6.45, 7) is 0. The second kappa shape index (κ2) is 6.59. The van der Waals surface area contributed by atoms with Crippen LogP contribution in [0, 0.1) is 0 Å². The Morgan fingerprint density at radius 1 is 1.12 bits per heavy atom. The highest BCUT2D eigenvalue weighted by Gasteiger charge is 2.25. The van der Waals surface area contributed by atoms with Crippen molar-refractivity contribution in [2.24, 2.45) is 0 Å². The molecule has 5 heteroatoms. The van der Waals surface area contributed by atoms with Crippen LogP contribution in [0.4, 0.5) is 18.9 Å². The first-order valence-electron chi connectivity index (χ1n) is 5.39. The number of rotatable bonds is 5. The maximum atomic E-state index is 11.9. The van der Waals surface area contributed by atoms with Gasteiger partial charge in [0.25, 0.3) is 0 Å². The molecule has 1 rings (SSSR count). The Morgan fingerprint density at radius 3 is 2.35 bits per heavy atom. The molecule has 17 heavy (non-hydrogen) atoms. The van der Waals surface area contributed by atoms with E-state index in [4.69, 9.17) is 12.2 Å². The van der Waals surface area contributed by atoms with Crippen molar-refractivity contribution in [3.8, 4) is 0 Å². The van der Waals surface area contributed by atoms with E-state index in [1.807, 2.05) is 30.3 Å². The highest BCUT2D eigenvalue weighted by molar-refractivity contribution is 7.80. The largest absolute Gasteiger partial charge is 0.389 e. The summed E-state index contributed by atoms with van der Waals surface area (Å²) in [4.78, 5) is 0.582. The van der Waals surface area contributed by atoms with Crippen molar-refractivity contribution in [2.75, 3.05) is 5.32 Å².